The number of hydrogen-bond acceptors (Lipinski definition) is 8. The SMILES string of the molecule is CC(C)n1cc(-c2ccc(F)cc2)c(=O)c(C(=O)Cc2ccc(Oc3ccnc4cc5c(cc34)OCO5)cn2)n1. The summed E-state index contributed by atoms with van der Waals surface area (Å²) in [5.41, 5.74) is 1.21. The van der Waals surface area contributed by atoms with Gasteiger partial charge in [0.25, 0.3) is 0 Å². The molecule has 0 atom stereocenters. The van der Waals surface area contributed by atoms with Gasteiger partial charge in [0.1, 0.15) is 17.3 Å². The highest BCUT2D eigenvalue weighted by Crippen LogP contribution is 2.39. The van der Waals surface area contributed by atoms with E-state index in [4.69, 9.17) is 14.2 Å². The van der Waals surface area contributed by atoms with Crippen LogP contribution in [0, 0.1) is 5.82 Å². The molecule has 200 valence electrons. The molecule has 1 aliphatic heterocycles. The van der Waals surface area contributed by atoms with Gasteiger partial charge in [0.05, 0.1) is 18.1 Å². The van der Waals surface area contributed by atoms with Crippen LogP contribution in [0.4, 0.5) is 4.39 Å². The molecule has 0 aliphatic carbocycles. The number of benzene rings is 2. The van der Waals surface area contributed by atoms with Crippen LogP contribution < -0.4 is 19.6 Å². The van der Waals surface area contributed by atoms with Crippen molar-refractivity contribution in [3.8, 4) is 34.1 Å². The third-order valence-electron chi connectivity index (χ3n) is 6.45. The van der Waals surface area contributed by atoms with Crippen molar-refractivity contribution < 1.29 is 23.4 Å². The van der Waals surface area contributed by atoms with E-state index in [-0.39, 0.29) is 30.5 Å². The molecular weight excluding hydrogens is 515 g/mol. The molecule has 0 unspecified atom stereocenters. The van der Waals surface area contributed by atoms with Gasteiger partial charge < -0.3 is 14.2 Å². The van der Waals surface area contributed by atoms with E-state index in [0.717, 1.165) is 5.39 Å². The van der Waals surface area contributed by atoms with E-state index >= 15 is 0 Å². The minimum Gasteiger partial charge on any atom is -0.455 e. The van der Waals surface area contributed by atoms with Gasteiger partial charge in [-0.3, -0.25) is 24.2 Å². The van der Waals surface area contributed by atoms with Gasteiger partial charge in [0.15, 0.2) is 23.0 Å². The zero-order chi connectivity index (χ0) is 27.8. The first-order valence-corrected chi connectivity index (χ1v) is 12.6. The van der Waals surface area contributed by atoms with Gasteiger partial charge in [-0.15, -0.1) is 0 Å². The normalized spacial score (nSPS) is 12.2. The molecule has 6 rings (SSSR count). The summed E-state index contributed by atoms with van der Waals surface area (Å²) in [6.07, 6.45) is 4.60. The Labute approximate surface area is 227 Å². The third kappa shape index (κ3) is 4.86. The van der Waals surface area contributed by atoms with Crippen molar-refractivity contribution in [3.63, 3.8) is 0 Å². The first-order valence-electron chi connectivity index (χ1n) is 12.6. The molecule has 0 amide bonds. The fraction of sp³-hybridized carbons (Fsp3) is 0.167. The number of rotatable bonds is 7. The van der Waals surface area contributed by atoms with Crippen molar-refractivity contribution in [2.24, 2.45) is 0 Å². The second kappa shape index (κ2) is 10.2. The van der Waals surface area contributed by atoms with Gasteiger partial charge >= 0.3 is 0 Å². The van der Waals surface area contributed by atoms with E-state index in [1.165, 1.54) is 30.5 Å². The molecule has 2 aromatic carbocycles. The Hall–Kier alpha value is -5.12. The molecule has 0 bridgehead atoms. The first-order chi connectivity index (χ1) is 19.4. The summed E-state index contributed by atoms with van der Waals surface area (Å²) in [5, 5.41) is 5.05. The van der Waals surface area contributed by atoms with E-state index < -0.39 is 17.0 Å². The summed E-state index contributed by atoms with van der Waals surface area (Å²) in [7, 11) is 0. The predicted octanol–water partition coefficient (Wildman–Crippen LogP) is 5.52. The Balaban J connectivity index is 1.24. The summed E-state index contributed by atoms with van der Waals surface area (Å²) >= 11 is 0. The maximum Gasteiger partial charge on any atom is 0.231 e. The van der Waals surface area contributed by atoms with E-state index in [2.05, 4.69) is 15.1 Å². The molecule has 0 fully saturated rings. The average Bonchev–Trinajstić information content (AvgIpc) is 3.41. The topological polar surface area (TPSA) is 105 Å². The van der Waals surface area contributed by atoms with E-state index in [0.29, 0.717) is 39.8 Å². The lowest BCUT2D eigenvalue weighted by Crippen LogP contribution is -2.25. The highest BCUT2D eigenvalue weighted by Gasteiger charge is 2.20. The maximum absolute atomic E-state index is 13.4. The van der Waals surface area contributed by atoms with Gasteiger partial charge in [0.2, 0.25) is 12.2 Å². The van der Waals surface area contributed by atoms with E-state index in [1.807, 2.05) is 19.9 Å². The number of carbonyl (C=O) groups is 1. The average molecular weight is 539 g/mol. The molecular formula is C30H23FN4O5. The summed E-state index contributed by atoms with van der Waals surface area (Å²) in [6, 6.07) is 14.2. The minimum absolute atomic E-state index is 0.106. The number of halogens is 1. The highest BCUT2D eigenvalue weighted by molar-refractivity contribution is 5.96. The van der Waals surface area contributed by atoms with Gasteiger partial charge in [-0.1, -0.05) is 12.1 Å². The van der Waals surface area contributed by atoms with E-state index in [9.17, 15) is 14.0 Å². The number of nitrogens with zero attached hydrogens (tertiary/aromatic N) is 4. The van der Waals surface area contributed by atoms with Crippen LogP contribution in [-0.2, 0) is 6.42 Å². The number of aromatic nitrogens is 4. The molecule has 4 heterocycles. The quantitative estimate of drug-likeness (QED) is 0.250. The zero-order valence-corrected chi connectivity index (χ0v) is 21.6. The largest absolute Gasteiger partial charge is 0.455 e. The third-order valence-corrected chi connectivity index (χ3v) is 6.45. The number of carbonyl (C=O) groups excluding carboxylic acids is 1. The second-order valence-corrected chi connectivity index (χ2v) is 9.52. The standard InChI is InChI=1S/C30H23FN4O5/c1-17(2)35-15-23(18-3-5-19(31)6-4-18)30(37)29(34-35)25(36)11-20-7-8-21(14-33-20)40-26-9-10-32-24-13-28-27(12-22(24)26)38-16-39-28/h3-10,12-15,17H,11,16H2,1-2H3. The lowest BCUT2D eigenvalue weighted by molar-refractivity contribution is 0.0983. The Morgan fingerprint density at radius 3 is 2.55 bits per heavy atom. The fourth-order valence-corrected chi connectivity index (χ4v) is 4.34. The van der Waals surface area contributed by atoms with Crippen molar-refractivity contribution >= 4 is 16.7 Å². The summed E-state index contributed by atoms with van der Waals surface area (Å²) in [6.45, 7) is 3.94. The number of ketones is 1. The van der Waals surface area contributed by atoms with Crippen LogP contribution in [0.5, 0.6) is 23.0 Å². The minimum atomic E-state index is -0.515. The van der Waals surface area contributed by atoms with Crippen LogP contribution in [0.2, 0.25) is 0 Å². The van der Waals surface area contributed by atoms with Crippen LogP contribution >= 0.6 is 0 Å². The number of Topliss-reactive ketones (excluding diaryl/α,β-unsaturated/α-hetero) is 1. The zero-order valence-electron chi connectivity index (χ0n) is 21.6. The van der Waals surface area contributed by atoms with Crippen molar-refractivity contribution in [2.75, 3.05) is 6.79 Å². The molecule has 0 saturated carbocycles. The smallest absolute Gasteiger partial charge is 0.231 e. The van der Waals surface area contributed by atoms with Crippen LogP contribution in [0.15, 0.2) is 78.0 Å². The number of fused-ring (bicyclic) bond motifs is 2. The van der Waals surface area contributed by atoms with Crippen LogP contribution in [0.3, 0.4) is 0 Å². The van der Waals surface area contributed by atoms with Gasteiger partial charge in [-0.25, -0.2) is 4.39 Å². The van der Waals surface area contributed by atoms with Gasteiger partial charge in [-0.05, 0) is 55.8 Å². The number of hydrogen-bond donors (Lipinski definition) is 0. The molecule has 3 aromatic heterocycles. The summed E-state index contributed by atoms with van der Waals surface area (Å²) in [5.74, 6) is 1.38. The first kappa shape index (κ1) is 25.2. The Kier molecular flexibility index (Phi) is 6.43. The monoisotopic (exact) mass is 538 g/mol. The van der Waals surface area contributed by atoms with Gasteiger partial charge in [0, 0.05) is 41.1 Å². The Morgan fingerprint density at radius 2 is 1.82 bits per heavy atom. The van der Waals surface area contributed by atoms with E-state index in [1.54, 1.807) is 41.3 Å². The molecule has 0 N–H and O–H groups in total. The fourth-order valence-electron chi connectivity index (χ4n) is 4.34. The molecule has 10 heteroatoms. The van der Waals surface area contributed by atoms with Crippen molar-refractivity contribution in [1.82, 2.24) is 19.7 Å². The summed E-state index contributed by atoms with van der Waals surface area (Å²) < 4.78 is 32.0. The Bertz CT molecular complexity index is 1800. The molecule has 0 spiro atoms. The summed E-state index contributed by atoms with van der Waals surface area (Å²) in [4.78, 5) is 35.2. The highest BCUT2D eigenvalue weighted by atomic mass is 19.1. The molecule has 40 heavy (non-hydrogen) atoms. The molecule has 0 saturated heterocycles. The molecule has 0 radical (unpaired) electrons. The predicted molar refractivity (Wildman–Crippen MR) is 144 cm³/mol. The second-order valence-electron chi connectivity index (χ2n) is 9.52. The molecule has 5 aromatic rings. The number of ether oxygens (including phenoxy) is 3. The van der Waals surface area contributed by atoms with Crippen molar-refractivity contribution in [1.29, 1.82) is 0 Å². The van der Waals surface area contributed by atoms with Crippen molar-refractivity contribution in [2.45, 2.75) is 26.3 Å². The van der Waals surface area contributed by atoms with Crippen LogP contribution in [0.25, 0.3) is 22.0 Å². The lowest BCUT2D eigenvalue weighted by Gasteiger charge is -2.13. The molecule has 9 nitrogen and oxygen atoms in total. The maximum atomic E-state index is 13.4. The van der Waals surface area contributed by atoms with Gasteiger partial charge in [-0.2, -0.15) is 5.10 Å². The number of pyridine rings is 2. The molecule has 1 aliphatic rings. The lowest BCUT2D eigenvalue weighted by atomic mass is 10.0. The van der Waals surface area contributed by atoms with Crippen LogP contribution in [-0.4, -0.2) is 32.3 Å². The van der Waals surface area contributed by atoms with Crippen molar-refractivity contribution in [3.05, 3.63) is 101 Å². The van der Waals surface area contributed by atoms with Crippen LogP contribution in [0.1, 0.15) is 36.1 Å². The Morgan fingerprint density at radius 1 is 1.05 bits per heavy atom.